The molecule has 0 aromatic heterocycles. The van der Waals surface area contributed by atoms with Crippen molar-refractivity contribution in [2.75, 3.05) is 19.8 Å². The third-order valence-electron chi connectivity index (χ3n) is 13.7. The Morgan fingerprint density at radius 1 is 1.05 bits per heavy atom. The minimum atomic E-state index is -4.90. The molecule has 3 aromatic carbocycles. The van der Waals surface area contributed by atoms with Crippen LogP contribution < -0.4 is 45.8 Å². The molecule has 10 bridgehead atoms. The molecule has 1 saturated heterocycles. The number of ether oxygens (including phenoxy) is 2. The number of allylic oxidation sites excluding steroid dienone is 1. The van der Waals surface area contributed by atoms with E-state index in [-0.39, 0.29) is 104 Å². The van der Waals surface area contributed by atoms with Crippen molar-refractivity contribution in [1.82, 2.24) is 0 Å². The predicted molar refractivity (Wildman–Crippen MR) is 221 cm³/mol. The Labute approximate surface area is 374 Å². The van der Waals surface area contributed by atoms with Crippen LogP contribution in [0.4, 0.5) is 0 Å². The van der Waals surface area contributed by atoms with Gasteiger partial charge in [0, 0.05) is 55.3 Å². The molecule has 3 aromatic rings. The third-order valence-corrected chi connectivity index (χ3v) is 15.0. The van der Waals surface area contributed by atoms with Crippen molar-refractivity contribution in [3.8, 4) is 23.3 Å². The van der Waals surface area contributed by atoms with Gasteiger partial charge in [-0.3, -0.25) is 0 Å². The van der Waals surface area contributed by atoms with Gasteiger partial charge in [-0.1, -0.05) is 61.2 Å². The van der Waals surface area contributed by atoms with Gasteiger partial charge in [-0.05, 0) is 121 Å². The topological polar surface area (TPSA) is 221 Å². The molecule has 7 aliphatic rings. The number of guanidine groups is 1. The Hall–Kier alpha value is -3.42. The molecular weight excluding hydrogens is 794 g/mol. The molecule has 1 fully saturated rings. The van der Waals surface area contributed by atoms with Gasteiger partial charge in [-0.2, -0.15) is 0 Å². The van der Waals surface area contributed by atoms with Crippen molar-refractivity contribution in [1.29, 1.82) is 0 Å². The fourth-order valence-electron chi connectivity index (χ4n) is 10.8. The Morgan fingerprint density at radius 3 is 2.52 bits per heavy atom. The summed E-state index contributed by atoms with van der Waals surface area (Å²) in [4.78, 5) is 4.72. The fraction of sp³-hybridized carbons (Fsp3) is 0.500. The van der Waals surface area contributed by atoms with Crippen molar-refractivity contribution >= 4 is 16.1 Å². The van der Waals surface area contributed by atoms with Crippen LogP contribution in [0.5, 0.6) is 11.5 Å². The number of aliphatic imine (C=N–C) groups is 1. The number of aromatic hydroxyl groups is 1. The fourth-order valence-corrected chi connectivity index (χ4v) is 11.9. The Morgan fingerprint density at radius 2 is 1.82 bits per heavy atom. The standard InChI is InChI=1S/C46H55N3O9S.Na/c1-26-5-6-30-19-36-12-14-37(30)39(26)22-42(59(54,55)56)40-20-33-17-32(21-41-31(25-52)4-2-3-29-18-35(53)11-13-38(29)44(33)57-41)43(40)28-7-9-34(10-8-28)46(58-36,49-45(47)48)23-27(24-51)15-16-50;/h7-14,18-20,26-27,31-32,39-44,50-53H,4-6,15-17,21-25H2,1H3,(H4,47,48,49)(H,54,55,56);/q;+1/p-1. The van der Waals surface area contributed by atoms with Gasteiger partial charge in [0.15, 0.2) is 5.96 Å². The van der Waals surface area contributed by atoms with E-state index in [2.05, 4.69) is 18.8 Å². The number of aliphatic hydroxyl groups is 3. The number of phenols is 1. The molecule has 5 heterocycles. The summed E-state index contributed by atoms with van der Waals surface area (Å²) in [5, 5.41) is 40.3. The zero-order valence-corrected chi connectivity index (χ0v) is 37.1. The first-order valence-electron chi connectivity index (χ1n) is 20.8. The van der Waals surface area contributed by atoms with E-state index in [4.69, 9.17) is 25.9 Å². The van der Waals surface area contributed by atoms with Crippen LogP contribution in [-0.2, 0) is 27.0 Å². The molecule has 314 valence electrons. The summed E-state index contributed by atoms with van der Waals surface area (Å²) in [7, 11) is -4.90. The second-order valence-electron chi connectivity index (χ2n) is 17.4. The first-order chi connectivity index (χ1) is 28.3. The number of nitrogens with two attached hydrogens (primary N) is 2. The van der Waals surface area contributed by atoms with Crippen LogP contribution in [0, 0.1) is 41.4 Å². The van der Waals surface area contributed by atoms with Gasteiger partial charge in [0.2, 0.25) is 5.72 Å². The summed E-state index contributed by atoms with van der Waals surface area (Å²) in [5.41, 5.74) is 16.3. The first-order valence-corrected chi connectivity index (χ1v) is 22.3. The van der Waals surface area contributed by atoms with Crippen LogP contribution in [0.3, 0.4) is 0 Å². The smallest absolute Gasteiger partial charge is 0.748 e. The second-order valence-corrected chi connectivity index (χ2v) is 19.0. The van der Waals surface area contributed by atoms with Gasteiger partial charge >= 0.3 is 29.6 Å². The van der Waals surface area contributed by atoms with Crippen molar-refractivity contribution < 1.29 is 72.4 Å². The Kier molecular flexibility index (Phi) is 13.5. The molecule has 60 heavy (non-hydrogen) atoms. The van der Waals surface area contributed by atoms with Gasteiger partial charge in [0.05, 0.1) is 21.5 Å². The molecule has 11 unspecified atom stereocenters. The minimum absolute atomic E-state index is 0. The SMILES string of the molecule is CC1CCc2cc3ccc2C1CC(S(=O)(=O)[O-])C1C=C2CC(CC4OC2c2ccc(O)cc2C#CCC4CO)C1c1ccc(cc1)C(CC(CO)CCO)(N=C(N)N)O3.[Na+]. The van der Waals surface area contributed by atoms with Crippen molar-refractivity contribution in [3.05, 3.63) is 106 Å². The number of nitrogens with zero attached hydrogens (tertiary/aromatic N) is 1. The van der Waals surface area contributed by atoms with Crippen LogP contribution in [0.2, 0.25) is 0 Å². The first kappa shape index (κ1) is 44.6. The zero-order chi connectivity index (χ0) is 41.6. The molecule has 10 rings (SSSR count). The van der Waals surface area contributed by atoms with E-state index in [1.165, 1.54) is 0 Å². The van der Waals surface area contributed by atoms with Crippen LogP contribution in [0.1, 0.15) is 103 Å². The van der Waals surface area contributed by atoms with Gasteiger partial charge in [-0.15, -0.1) is 0 Å². The van der Waals surface area contributed by atoms with Crippen molar-refractivity contribution in [2.45, 2.75) is 93.3 Å². The largest absolute Gasteiger partial charge is 1.00 e. The molecule has 0 amide bonds. The maximum absolute atomic E-state index is 13.9. The minimum Gasteiger partial charge on any atom is -0.748 e. The number of aryl methyl sites for hydroxylation is 1. The summed E-state index contributed by atoms with van der Waals surface area (Å²) in [6.07, 6.45) is 4.32. The van der Waals surface area contributed by atoms with E-state index < -0.39 is 51.1 Å². The molecule has 11 atom stereocenters. The number of fused-ring (bicyclic) bond motifs is 9. The van der Waals surface area contributed by atoms with E-state index in [0.29, 0.717) is 36.1 Å². The predicted octanol–water partition coefficient (Wildman–Crippen LogP) is 1.81. The average molecular weight is 848 g/mol. The van der Waals surface area contributed by atoms with Crippen LogP contribution in [0.15, 0.2) is 77.3 Å². The molecule has 12 nitrogen and oxygen atoms in total. The number of aliphatic hydroxyl groups excluding tert-OH is 3. The molecule has 2 aliphatic carbocycles. The van der Waals surface area contributed by atoms with E-state index in [9.17, 15) is 33.4 Å². The summed E-state index contributed by atoms with van der Waals surface area (Å²) in [6, 6.07) is 18.3. The van der Waals surface area contributed by atoms with Crippen molar-refractivity contribution in [3.63, 3.8) is 0 Å². The number of benzene rings is 3. The number of phenolic OH excluding ortho intramolecular Hbond substituents is 1. The maximum Gasteiger partial charge on any atom is 1.00 e. The molecule has 0 radical (unpaired) electrons. The second kappa shape index (κ2) is 18.1. The maximum atomic E-state index is 13.9. The van der Waals surface area contributed by atoms with Crippen LogP contribution in [0.25, 0.3) is 0 Å². The average Bonchev–Trinajstić information content (AvgIpc) is 3.29. The summed E-state index contributed by atoms with van der Waals surface area (Å²) < 4.78 is 55.6. The Balaban J connectivity index is 0.00000544. The van der Waals surface area contributed by atoms with Gasteiger partial charge in [0.25, 0.3) is 0 Å². The molecular formula is C46H54N3NaO9S. The summed E-state index contributed by atoms with van der Waals surface area (Å²) in [5.74, 6) is 4.43. The van der Waals surface area contributed by atoms with Crippen molar-refractivity contribution in [2.24, 2.45) is 46.0 Å². The number of hydrogen-bond acceptors (Lipinski definition) is 10. The van der Waals surface area contributed by atoms with E-state index in [1.54, 1.807) is 18.2 Å². The van der Waals surface area contributed by atoms with E-state index in [1.807, 2.05) is 48.5 Å². The van der Waals surface area contributed by atoms with Gasteiger partial charge < -0.3 is 45.9 Å². The van der Waals surface area contributed by atoms with Crippen LogP contribution in [-0.4, -0.2) is 70.5 Å². The molecule has 0 spiro atoms. The molecule has 0 saturated carbocycles. The van der Waals surface area contributed by atoms with Gasteiger partial charge in [-0.25, -0.2) is 13.4 Å². The Bertz CT molecular complexity index is 2290. The quantitative estimate of drug-likeness (QED) is 0.0480. The van der Waals surface area contributed by atoms with Gasteiger partial charge in [0.1, 0.15) is 17.6 Å². The zero-order valence-electron chi connectivity index (χ0n) is 34.2. The summed E-state index contributed by atoms with van der Waals surface area (Å²) in [6.45, 7) is 1.55. The molecule has 14 heteroatoms. The summed E-state index contributed by atoms with van der Waals surface area (Å²) >= 11 is 0. The molecule has 5 aliphatic heterocycles. The molecule has 8 N–H and O–H groups in total. The number of rotatable bonds is 8. The van der Waals surface area contributed by atoms with E-state index in [0.717, 1.165) is 40.7 Å². The monoisotopic (exact) mass is 847 g/mol. The third kappa shape index (κ3) is 8.78. The normalized spacial score (nSPS) is 30.9. The van der Waals surface area contributed by atoms with Crippen LogP contribution >= 0.6 is 0 Å². The number of hydrogen-bond donors (Lipinski definition) is 6. The van der Waals surface area contributed by atoms with E-state index >= 15 is 0 Å².